The second kappa shape index (κ2) is 6.74. The molecular weight excluding hydrogens is 317 g/mol. The third-order valence-electron chi connectivity index (χ3n) is 2.43. The van der Waals surface area contributed by atoms with E-state index < -0.39 is 0 Å². The van der Waals surface area contributed by atoms with Crippen LogP contribution >= 0.6 is 35.4 Å². The molecule has 0 bridgehead atoms. The van der Waals surface area contributed by atoms with Gasteiger partial charge in [-0.3, -0.25) is 0 Å². The first-order chi connectivity index (χ1) is 9.56. The van der Waals surface area contributed by atoms with Crippen LogP contribution in [0.5, 0.6) is 0 Å². The van der Waals surface area contributed by atoms with Gasteiger partial charge in [-0.1, -0.05) is 29.3 Å². The lowest BCUT2D eigenvalue weighted by Gasteiger charge is -2.14. The van der Waals surface area contributed by atoms with Crippen LogP contribution in [-0.4, -0.2) is 16.3 Å². The van der Waals surface area contributed by atoms with Gasteiger partial charge >= 0.3 is 0 Å². The maximum atomic E-state index is 5.93. The zero-order valence-corrected chi connectivity index (χ0v) is 12.6. The highest BCUT2D eigenvalue weighted by Gasteiger charge is 2.07. The zero-order valence-electron chi connectivity index (χ0n) is 10.3. The molecule has 2 rings (SSSR count). The molecule has 2 N–H and O–H groups in total. The van der Waals surface area contributed by atoms with Gasteiger partial charge in [0.2, 0.25) is 0 Å². The fourth-order valence-corrected chi connectivity index (χ4v) is 1.87. The van der Waals surface area contributed by atoms with Crippen LogP contribution in [0.15, 0.2) is 46.1 Å². The minimum absolute atomic E-state index is 0.151. The monoisotopic (exact) mass is 327 g/mol. The van der Waals surface area contributed by atoms with E-state index >= 15 is 0 Å². The molecule has 0 radical (unpaired) electrons. The SMILES string of the molecule is NC(=S)N(Cc1ccco1)/N=C/c1ccc(Cl)c(Cl)c1. The Morgan fingerprint density at radius 1 is 1.35 bits per heavy atom. The molecule has 0 saturated heterocycles. The summed E-state index contributed by atoms with van der Waals surface area (Å²) in [5.41, 5.74) is 6.42. The van der Waals surface area contributed by atoms with Crippen LogP contribution in [0, 0.1) is 0 Å². The Morgan fingerprint density at radius 2 is 2.15 bits per heavy atom. The maximum absolute atomic E-state index is 5.93. The Balaban J connectivity index is 2.12. The van der Waals surface area contributed by atoms with Crippen LogP contribution in [0.4, 0.5) is 0 Å². The number of halogens is 2. The number of rotatable bonds is 4. The van der Waals surface area contributed by atoms with E-state index in [2.05, 4.69) is 5.10 Å². The van der Waals surface area contributed by atoms with E-state index in [1.807, 2.05) is 6.07 Å². The molecule has 0 fully saturated rings. The standard InChI is InChI=1S/C13H11Cl2N3OS/c14-11-4-3-9(6-12(11)15)7-17-18(13(16)20)8-10-2-1-5-19-10/h1-7H,8H2,(H2,16,20)/b17-7+. The highest BCUT2D eigenvalue weighted by atomic mass is 35.5. The van der Waals surface area contributed by atoms with Crippen LogP contribution in [-0.2, 0) is 6.54 Å². The van der Waals surface area contributed by atoms with Crippen molar-refractivity contribution in [1.29, 1.82) is 0 Å². The summed E-state index contributed by atoms with van der Waals surface area (Å²) in [6, 6.07) is 8.80. The van der Waals surface area contributed by atoms with Gasteiger partial charge in [-0.15, -0.1) is 0 Å². The first-order valence-corrected chi connectivity index (χ1v) is 6.81. The predicted octanol–water partition coefficient (Wildman–Crippen LogP) is 3.67. The van der Waals surface area contributed by atoms with E-state index in [4.69, 9.17) is 45.6 Å². The van der Waals surface area contributed by atoms with Crippen molar-refractivity contribution in [2.45, 2.75) is 6.54 Å². The van der Waals surface area contributed by atoms with E-state index in [1.54, 1.807) is 36.7 Å². The molecule has 0 aliphatic carbocycles. The predicted molar refractivity (Wildman–Crippen MR) is 85.1 cm³/mol. The molecule has 0 aliphatic heterocycles. The van der Waals surface area contributed by atoms with Gasteiger partial charge in [-0.05, 0) is 42.0 Å². The maximum Gasteiger partial charge on any atom is 0.187 e. The van der Waals surface area contributed by atoms with Crippen LogP contribution in [0.25, 0.3) is 0 Å². The Bertz CT molecular complexity index is 629. The third kappa shape index (κ3) is 3.96. The smallest absolute Gasteiger partial charge is 0.187 e. The first-order valence-electron chi connectivity index (χ1n) is 5.64. The highest BCUT2D eigenvalue weighted by molar-refractivity contribution is 7.80. The van der Waals surface area contributed by atoms with Gasteiger partial charge in [-0.2, -0.15) is 5.10 Å². The molecule has 7 heteroatoms. The van der Waals surface area contributed by atoms with Crippen LogP contribution < -0.4 is 5.73 Å². The normalized spacial score (nSPS) is 10.9. The molecule has 1 aromatic carbocycles. The summed E-state index contributed by atoms with van der Waals surface area (Å²) in [4.78, 5) is 0. The minimum atomic E-state index is 0.151. The second-order valence-electron chi connectivity index (χ2n) is 3.89. The van der Waals surface area contributed by atoms with Crippen molar-refractivity contribution in [3.8, 4) is 0 Å². The van der Waals surface area contributed by atoms with Crippen molar-refractivity contribution in [3.63, 3.8) is 0 Å². The molecule has 20 heavy (non-hydrogen) atoms. The van der Waals surface area contributed by atoms with E-state index in [0.717, 1.165) is 5.56 Å². The average Bonchev–Trinajstić information content (AvgIpc) is 2.91. The molecule has 4 nitrogen and oxygen atoms in total. The second-order valence-corrected chi connectivity index (χ2v) is 5.13. The molecule has 0 unspecified atom stereocenters. The van der Waals surface area contributed by atoms with Crippen molar-refractivity contribution >= 4 is 46.7 Å². The van der Waals surface area contributed by atoms with Gasteiger partial charge in [0.15, 0.2) is 5.11 Å². The molecule has 0 spiro atoms. The van der Waals surface area contributed by atoms with Gasteiger partial charge in [0, 0.05) is 0 Å². The summed E-state index contributed by atoms with van der Waals surface area (Å²) in [6.07, 6.45) is 3.18. The Morgan fingerprint density at radius 3 is 2.75 bits per heavy atom. The summed E-state index contributed by atoms with van der Waals surface area (Å²) < 4.78 is 5.23. The van der Waals surface area contributed by atoms with Gasteiger partial charge < -0.3 is 10.2 Å². The van der Waals surface area contributed by atoms with Gasteiger partial charge in [-0.25, -0.2) is 5.01 Å². The van der Waals surface area contributed by atoms with Crippen LogP contribution in [0.1, 0.15) is 11.3 Å². The lowest BCUT2D eigenvalue weighted by Crippen LogP contribution is -2.30. The number of furan rings is 1. The minimum Gasteiger partial charge on any atom is -0.467 e. The molecule has 1 heterocycles. The molecule has 2 aromatic rings. The quantitative estimate of drug-likeness (QED) is 0.529. The van der Waals surface area contributed by atoms with E-state index in [-0.39, 0.29) is 5.11 Å². The van der Waals surface area contributed by atoms with E-state index in [9.17, 15) is 0 Å². The molecule has 0 amide bonds. The fraction of sp³-hybridized carbons (Fsp3) is 0.0769. The van der Waals surface area contributed by atoms with E-state index in [0.29, 0.717) is 22.4 Å². The number of hydrazone groups is 1. The largest absolute Gasteiger partial charge is 0.467 e. The summed E-state index contributed by atoms with van der Waals surface area (Å²) >= 11 is 16.7. The Hall–Kier alpha value is -1.56. The zero-order chi connectivity index (χ0) is 14.5. The lowest BCUT2D eigenvalue weighted by atomic mass is 10.2. The molecule has 1 aromatic heterocycles. The third-order valence-corrected chi connectivity index (χ3v) is 3.38. The number of hydrogen-bond acceptors (Lipinski definition) is 3. The average molecular weight is 328 g/mol. The Kier molecular flexibility index (Phi) is 5.00. The summed E-state index contributed by atoms with van der Waals surface area (Å²) in [7, 11) is 0. The number of hydrogen-bond donors (Lipinski definition) is 1. The molecule has 0 aliphatic rings. The number of nitrogens with two attached hydrogens (primary N) is 1. The Labute approximate surface area is 131 Å². The summed E-state index contributed by atoms with van der Waals surface area (Å²) in [5, 5.41) is 6.78. The summed E-state index contributed by atoms with van der Waals surface area (Å²) in [6.45, 7) is 0.361. The highest BCUT2D eigenvalue weighted by Crippen LogP contribution is 2.21. The van der Waals surface area contributed by atoms with Crippen LogP contribution in [0.2, 0.25) is 10.0 Å². The molecular formula is C13H11Cl2N3OS. The van der Waals surface area contributed by atoms with Gasteiger partial charge in [0.05, 0.1) is 22.5 Å². The van der Waals surface area contributed by atoms with Crippen molar-refractivity contribution < 1.29 is 4.42 Å². The molecule has 0 atom stereocenters. The molecule has 0 saturated carbocycles. The van der Waals surface area contributed by atoms with Crippen molar-refractivity contribution in [2.75, 3.05) is 0 Å². The summed E-state index contributed by atoms with van der Waals surface area (Å²) in [5.74, 6) is 0.712. The van der Waals surface area contributed by atoms with Gasteiger partial charge in [0.1, 0.15) is 12.3 Å². The lowest BCUT2D eigenvalue weighted by molar-refractivity contribution is 0.380. The van der Waals surface area contributed by atoms with Crippen molar-refractivity contribution in [2.24, 2.45) is 10.8 Å². The first kappa shape index (κ1) is 14.8. The topological polar surface area (TPSA) is 54.8 Å². The number of thiocarbonyl (C=S) groups is 1. The van der Waals surface area contributed by atoms with Gasteiger partial charge in [0.25, 0.3) is 0 Å². The fourth-order valence-electron chi connectivity index (χ4n) is 1.45. The van der Waals surface area contributed by atoms with Crippen molar-refractivity contribution in [1.82, 2.24) is 5.01 Å². The number of benzene rings is 1. The number of nitrogens with zero attached hydrogens (tertiary/aromatic N) is 2. The molecule has 104 valence electrons. The van der Waals surface area contributed by atoms with Crippen LogP contribution in [0.3, 0.4) is 0 Å². The van der Waals surface area contributed by atoms with Crippen molar-refractivity contribution in [3.05, 3.63) is 58.0 Å². The van der Waals surface area contributed by atoms with E-state index in [1.165, 1.54) is 5.01 Å².